The average molecular weight is 456 g/mol. The van der Waals surface area contributed by atoms with Gasteiger partial charge in [0.05, 0.1) is 23.3 Å². The molecule has 2 N–H and O–H groups in total. The van der Waals surface area contributed by atoms with Gasteiger partial charge in [-0.1, -0.05) is 6.07 Å². The van der Waals surface area contributed by atoms with E-state index < -0.39 is 18.5 Å². The van der Waals surface area contributed by atoms with Crippen molar-refractivity contribution < 1.29 is 34.1 Å². The summed E-state index contributed by atoms with van der Waals surface area (Å²) in [6, 6.07) is 11.0. The molecule has 0 atom stereocenters. The van der Waals surface area contributed by atoms with Crippen molar-refractivity contribution in [3.8, 4) is 11.5 Å². The van der Waals surface area contributed by atoms with Crippen LogP contribution in [0.15, 0.2) is 52.4 Å². The Labute approximate surface area is 188 Å². The minimum atomic E-state index is -1.10. The molecule has 0 radical (unpaired) electrons. The first kappa shape index (κ1) is 22.9. The molecule has 1 aliphatic heterocycles. The average Bonchev–Trinajstić information content (AvgIpc) is 3.06. The van der Waals surface area contributed by atoms with E-state index in [1.54, 1.807) is 36.4 Å². The monoisotopic (exact) mass is 456 g/mol. The molecule has 1 heterocycles. The van der Waals surface area contributed by atoms with Crippen LogP contribution in [-0.4, -0.2) is 58.4 Å². The molecule has 0 spiro atoms. The lowest BCUT2D eigenvalue weighted by molar-refractivity contribution is -0.139. The number of aliphatic carboxylic acids is 1. The molecule has 1 saturated heterocycles. The van der Waals surface area contributed by atoms with Crippen LogP contribution in [-0.2, 0) is 9.59 Å². The number of amidine groups is 1. The highest BCUT2D eigenvalue weighted by atomic mass is 32.2. The zero-order valence-corrected chi connectivity index (χ0v) is 18.1. The van der Waals surface area contributed by atoms with Crippen molar-refractivity contribution in [1.29, 1.82) is 0 Å². The molecule has 0 unspecified atom stereocenters. The van der Waals surface area contributed by atoms with E-state index in [9.17, 15) is 14.4 Å². The third kappa shape index (κ3) is 5.27. The van der Waals surface area contributed by atoms with Gasteiger partial charge in [-0.3, -0.25) is 9.69 Å². The number of amides is 1. The number of carboxylic acid groups (broad SMARTS) is 2. The van der Waals surface area contributed by atoms with E-state index in [4.69, 9.17) is 19.7 Å². The first-order valence-electron chi connectivity index (χ1n) is 9.48. The largest absolute Gasteiger partial charge is 0.493 e. The molecule has 2 aromatic carbocycles. The van der Waals surface area contributed by atoms with E-state index in [0.29, 0.717) is 33.6 Å². The number of ether oxygens (including phenoxy) is 2. The zero-order chi connectivity index (χ0) is 23.3. The lowest BCUT2D eigenvalue weighted by Crippen LogP contribution is -2.28. The molecule has 0 bridgehead atoms. The molecule has 2 aromatic rings. The van der Waals surface area contributed by atoms with Crippen molar-refractivity contribution >= 4 is 46.5 Å². The Hall–Kier alpha value is -3.79. The quantitative estimate of drug-likeness (QED) is 0.578. The van der Waals surface area contributed by atoms with Crippen molar-refractivity contribution in [3.63, 3.8) is 0 Å². The first-order valence-corrected chi connectivity index (χ1v) is 10.3. The molecular weight excluding hydrogens is 436 g/mol. The zero-order valence-electron chi connectivity index (χ0n) is 17.3. The van der Waals surface area contributed by atoms with Gasteiger partial charge in [0.15, 0.2) is 23.3 Å². The highest BCUT2D eigenvalue weighted by Crippen LogP contribution is 2.35. The second-order valence-electron chi connectivity index (χ2n) is 6.50. The van der Waals surface area contributed by atoms with Gasteiger partial charge in [-0.05, 0) is 66.7 Å². The number of aliphatic imine (C=N–C) groups is 1. The Morgan fingerprint density at radius 1 is 1.12 bits per heavy atom. The molecule has 10 heteroatoms. The van der Waals surface area contributed by atoms with E-state index in [1.165, 1.54) is 35.9 Å². The lowest BCUT2D eigenvalue weighted by atomic mass is 10.2. The molecule has 1 amide bonds. The summed E-state index contributed by atoms with van der Waals surface area (Å²) in [5.41, 5.74) is 1.36. The summed E-state index contributed by atoms with van der Waals surface area (Å²) in [4.78, 5) is 41.0. The fourth-order valence-electron chi connectivity index (χ4n) is 2.84. The van der Waals surface area contributed by atoms with Crippen molar-refractivity contribution in [2.45, 2.75) is 6.92 Å². The summed E-state index contributed by atoms with van der Waals surface area (Å²) in [5, 5.41) is 18.3. The summed E-state index contributed by atoms with van der Waals surface area (Å²) in [6.45, 7) is 1.76. The fraction of sp³-hybridized carbons (Fsp3) is 0.182. The van der Waals surface area contributed by atoms with Crippen LogP contribution in [0.1, 0.15) is 22.8 Å². The number of nitrogens with zero attached hydrogens (tertiary/aromatic N) is 2. The number of thioether (sulfide) groups is 1. The molecule has 166 valence electrons. The number of carbonyl (C=O) groups is 3. The first-order chi connectivity index (χ1) is 15.3. The normalized spacial score (nSPS) is 15.9. The summed E-state index contributed by atoms with van der Waals surface area (Å²) < 4.78 is 10.5. The summed E-state index contributed by atoms with van der Waals surface area (Å²) in [7, 11) is 1.44. The van der Waals surface area contributed by atoms with Gasteiger partial charge in [0, 0.05) is 6.54 Å². The Balaban J connectivity index is 1.86. The van der Waals surface area contributed by atoms with E-state index in [0.717, 1.165) is 0 Å². The molecule has 0 aromatic heterocycles. The van der Waals surface area contributed by atoms with E-state index in [2.05, 4.69) is 4.99 Å². The van der Waals surface area contributed by atoms with Gasteiger partial charge in [-0.2, -0.15) is 0 Å². The molecule has 3 rings (SSSR count). The molecule has 32 heavy (non-hydrogen) atoms. The Kier molecular flexibility index (Phi) is 7.16. The maximum Gasteiger partial charge on any atom is 0.341 e. The van der Waals surface area contributed by atoms with Crippen molar-refractivity contribution in [1.82, 2.24) is 4.90 Å². The second kappa shape index (κ2) is 10.0. The van der Waals surface area contributed by atoms with Crippen LogP contribution in [0.4, 0.5) is 5.69 Å². The Morgan fingerprint density at radius 3 is 2.44 bits per heavy atom. The number of aromatic carboxylic acids is 1. The summed E-state index contributed by atoms with van der Waals surface area (Å²) in [6.07, 6.45) is 1.69. The van der Waals surface area contributed by atoms with Crippen LogP contribution in [0.2, 0.25) is 0 Å². The maximum absolute atomic E-state index is 12.8. The lowest BCUT2D eigenvalue weighted by Gasteiger charge is -2.12. The highest BCUT2D eigenvalue weighted by Gasteiger charge is 2.32. The van der Waals surface area contributed by atoms with Crippen LogP contribution in [0.3, 0.4) is 0 Å². The number of hydrogen-bond donors (Lipinski definition) is 2. The number of rotatable bonds is 8. The number of benzene rings is 2. The number of likely N-dealkylation sites (N-methyl/N-ethyl adjacent to an activating group) is 1. The molecule has 1 aliphatic rings. The van der Waals surface area contributed by atoms with Gasteiger partial charge in [-0.25, -0.2) is 14.6 Å². The third-order valence-corrected chi connectivity index (χ3v) is 5.39. The van der Waals surface area contributed by atoms with Gasteiger partial charge in [-0.15, -0.1) is 0 Å². The van der Waals surface area contributed by atoms with Gasteiger partial charge in [0.1, 0.15) is 0 Å². The van der Waals surface area contributed by atoms with Crippen LogP contribution < -0.4 is 9.47 Å². The van der Waals surface area contributed by atoms with Crippen LogP contribution in [0.25, 0.3) is 6.08 Å². The number of methoxy groups -OCH3 is 1. The van der Waals surface area contributed by atoms with Gasteiger partial charge < -0.3 is 19.7 Å². The van der Waals surface area contributed by atoms with E-state index in [1.807, 2.05) is 6.92 Å². The minimum Gasteiger partial charge on any atom is -0.493 e. The van der Waals surface area contributed by atoms with Crippen molar-refractivity contribution in [2.24, 2.45) is 4.99 Å². The number of hydrogen-bond acceptors (Lipinski definition) is 7. The summed E-state index contributed by atoms with van der Waals surface area (Å²) in [5.74, 6) is -1.70. The molecule has 1 fully saturated rings. The Morgan fingerprint density at radius 2 is 1.84 bits per heavy atom. The smallest absolute Gasteiger partial charge is 0.341 e. The van der Waals surface area contributed by atoms with Crippen molar-refractivity contribution in [2.75, 3.05) is 20.3 Å². The molecule has 9 nitrogen and oxygen atoms in total. The second-order valence-corrected chi connectivity index (χ2v) is 7.51. The van der Waals surface area contributed by atoms with E-state index >= 15 is 0 Å². The van der Waals surface area contributed by atoms with Gasteiger partial charge in [0.2, 0.25) is 0 Å². The molecular formula is C22H20N2O7S. The molecule has 0 saturated carbocycles. The summed E-state index contributed by atoms with van der Waals surface area (Å²) >= 11 is 1.20. The third-order valence-electron chi connectivity index (χ3n) is 4.38. The van der Waals surface area contributed by atoms with Crippen molar-refractivity contribution in [3.05, 3.63) is 58.5 Å². The maximum atomic E-state index is 12.8. The predicted octanol–water partition coefficient (Wildman–Crippen LogP) is 3.48. The number of carboxylic acids is 2. The standard InChI is InChI=1S/C22H20N2O7S/c1-3-24-20(27)18(32-22(24)23-15-7-5-14(6-8-15)21(28)29)11-13-4-9-16(17(10-13)30-2)31-12-19(25)26/h4-11H,3,12H2,1-2H3,(H,25,26)(H,28,29). The van der Waals surface area contributed by atoms with Gasteiger partial charge >= 0.3 is 11.9 Å². The van der Waals surface area contributed by atoms with Crippen LogP contribution in [0, 0.1) is 0 Å². The fourth-order valence-corrected chi connectivity index (χ4v) is 3.91. The number of carbonyl (C=O) groups excluding carboxylic acids is 1. The molecule has 0 aliphatic carbocycles. The minimum absolute atomic E-state index is 0.154. The van der Waals surface area contributed by atoms with Crippen LogP contribution in [0.5, 0.6) is 11.5 Å². The topological polar surface area (TPSA) is 126 Å². The SMILES string of the molecule is CCN1C(=O)C(=Cc2ccc(OCC(=O)O)c(OC)c2)SC1=Nc1ccc(C(=O)O)cc1. The predicted molar refractivity (Wildman–Crippen MR) is 120 cm³/mol. The Bertz CT molecular complexity index is 1110. The van der Waals surface area contributed by atoms with Gasteiger partial charge in [0.25, 0.3) is 5.91 Å². The highest BCUT2D eigenvalue weighted by molar-refractivity contribution is 8.18. The van der Waals surface area contributed by atoms with Crippen LogP contribution >= 0.6 is 11.8 Å². The van der Waals surface area contributed by atoms with E-state index in [-0.39, 0.29) is 17.2 Å².